The van der Waals surface area contributed by atoms with Gasteiger partial charge in [-0.2, -0.15) is 5.10 Å². The molecule has 0 saturated heterocycles. The van der Waals surface area contributed by atoms with Gasteiger partial charge in [0.25, 0.3) is 0 Å². The minimum atomic E-state index is -0.142. The van der Waals surface area contributed by atoms with Crippen molar-refractivity contribution >= 4 is 5.91 Å². The van der Waals surface area contributed by atoms with Gasteiger partial charge in [-0.3, -0.25) is 9.78 Å². The zero-order chi connectivity index (χ0) is 18.2. The summed E-state index contributed by atoms with van der Waals surface area (Å²) in [4.78, 5) is 16.0. The highest BCUT2D eigenvalue weighted by Crippen LogP contribution is 2.23. The average Bonchev–Trinajstić information content (AvgIpc) is 3.12. The number of allylic oxidation sites excluding steroid dienone is 3. The van der Waals surface area contributed by atoms with Gasteiger partial charge in [0.05, 0.1) is 11.4 Å². The Hall–Kier alpha value is -3.47. The molecule has 1 amide bonds. The van der Waals surface area contributed by atoms with Crippen LogP contribution in [0.2, 0.25) is 0 Å². The van der Waals surface area contributed by atoms with Crippen LogP contribution < -0.4 is 5.32 Å². The first kappa shape index (κ1) is 17.4. The van der Waals surface area contributed by atoms with Gasteiger partial charge in [-0.15, -0.1) is 0 Å². The number of nitrogens with one attached hydrogen (secondary N) is 1. The fourth-order valence-electron chi connectivity index (χ4n) is 2.50. The van der Waals surface area contributed by atoms with Gasteiger partial charge in [-0.05, 0) is 31.2 Å². The second-order valence-electron chi connectivity index (χ2n) is 5.62. The third kappa shape index (κ3) is 4.33. The molecule has 130 valence electrons. The number of hydrogen-bond acceptors (Lipinski definition) is 3. The molecule has 3 aromatic rings. The maximum atomic E-state index is 11.9. The van der Waals surface area contributed by atoms with Gasteiger partial charge in [0, 0.05) is 42.3 Å². The van der Waals surface area contributed by atoms with Crippen molar-refractivity contribution in [2.45, 2.75) is 13.5 Å². The average molecular weight is 344 g/mol. The van der Waals surface area contributed by atoms with Crippen molar-refractivity contribution < 1.29 is 4.79 Å². The maximum Gasteiger partial charge on any atom is 0.244 e. The van der Waals surface area contributed by atoms with E-state index in [9.17, 15) is 4.79 Å². The summed E-state index contributed by atoms with van der Waals surface area (Å²) < 4.78 is 1.83. The summed E-state index contributed by atoms with van der Waals surface area (Å²) in [6, 6.07) is 13.7. The SMILES string of the molecule is C/C=C/C=C\C(=O)NCc1cn(-c2ccccc2)nc1-c1ccncc1. The number of benzene rings is 1. The van der Waals surface area contributed by atoms with Crippen molar-refractivity contribution in [3.63, 3.8) is 0 Å². The predicted octanol–water partition coefficient (Wildman–Crippen LogP) is 3.68. The molecule has 2 heterocycles. The third-order valence-electron chi connectivity index (χ3n) is 3.77. The monoisotopic (exact) mass is 344 g/mol. The van der Waals surface area contributed by atoms with Crippen molar-refractivity contribution in [2.24, 2.45) is 0 Å². The Bertz CT molecular complexity index is 912. The fraction of sp³-hybridized carbons (Fsp3) is 0.0952. The first-order chi connectivity index (χ1) is 12.8. The molecule has 5 heteroatoms. The van der Waals surface area contributed by atoms with Crippen LogP contribution in [0.5, 0.6) is 0 Å². The first-order valence-corrected chi connectivity index (χ1v) is 8.39. The highest BCUT2D eigenvalue weighted by atomic mass is 16.1. The lowest BCUT2D eigenvalue weighted by molar-refractivity contribution is -0.116. The second kappa shape index (κ2) is 8.58. The number of carbonyl (C=O) groups is 1. The van der Waals surface area contributed by atoms with Gasteiger partial charge in [-0.1, -0.05) is 36.4 Å². The molecule has 0 fully saturated rings. The van der Waals surface area contributed by atoms with Crippen LogP contribution in [0, 0.1) is 0 Å². The van der Waals surface area contributed by atoms with Crippen LogP contribution in [0.1, 0.15) is 12.5 Å². The zero-order valence-corrected chi connectivity index (χ0v) is 14.5. The number of rotatable bonds is 6. The number of pyridine rings is 1. The van der Waals surface area contributed by atoms with E-state index in [1.807, 2.05) is 72.4 Å². The topological polar surface area (TPSA) is 59.8 Å². The Morgan fingerprint density at radius 1 is 1.12 bits per heavy atom. The van der Waals surface area contributed by atoms with Crippen LogP contribution in [0.4, 0.5) is 0 Å². The summed E-state index contributed by atoms with van der Waals surface area (Å²) in [7, 11) is 0. The van der Waals surface area contributed by atoms with Crippen molar-refractivity contribution in [1.29, 1.82) is 0 Å². The molecule has 3 rings (SSSR count). The van der Waals surface area contributed by atoms with E-state index in [4.69, 9.17) is 5.10 Å². The third-order valence-corrected chi connectivity index (χ3v) is 3.77. The Balaban J connectivity index is 1.87. The molecule has 0 unspecified atom stereocenters. The molecule has 0 radical (unpaired) electrons. The Morgan fingerprint density at radius 2 is 1.88 bits per heavy atom. The molecular formula is C21H20N4O. The summed E-state index contributed by atoms with van der Waals surface area (Å²) in [5, 5.41) is 7.62. The van der Waals surface area contributed by atoms with Gasteiger partial charge >= 0.3 is 0 Å². The number of nitrogens with zero attached hydrogens (tertiary/aromatic N) is 3. The fourth-order valence-corrected chi connectivity index (χ4v) is 2.50. The lowest BCUT2D eigenvalue weighted by atomic mass is 10.1. The Labute approximate surface area is 152 Å². The number of carbonyl (C=O) groups excluding carboxylic acids is 1. The van der Waals surface area contributed by atoms with Crippen molar-refractivity contribution in [2.75, 3.05) is 0 Å². The smallest absolute Gasteiger partial charge is 0.244 e. The number of amides is 1. The van der Waals surface area contributed by atoms with Gasteiger partial charge in [0.2, 0.25) is 5.91 Å². The van der Waals surface area contributed by atoms with Gasteiger partial charge in [-0.25, -0.2) is 4.68 Å². The second-order valence-corrected chi connectivity index (χ2v) is 5.62. The molecule has 0 aliphatic heterocycles. The highest BCUT2D eigenvalue weighted by Gasteiger charge is 2.12. The van der Waals surface area contributed by atoms with Crippen LogP contribution >= 0.6 is 0 Å². The van der Waals surface area contributed by atoms with Crippen molar-refractivity contribution in [3.05, 3.63) is 90.9 Å². The van der Waals surface area contributed by atoms with E-state index in [-0.39, 0.29) is 5.91 Å². The number of hydrogen-bond donors (Lipinski definition) is 1. The van der Waals surface area contributed by atoms with Crippen LogP contribution in [-0.4, -0.2) is 20.7 Å². The summed E-state index contributed by atoms with van der Waals surface area (Å²) in [6.07, 6.45) is 12.3. The van der Waals surface area contributed by atoms with E-state index < -0.39 is 0 Å². The zero-order valence-electron chi connectivity index (χ0n) is 14.5. The van der Waals surface area contributed by atoms with Crippen LogP contribution in [-0.2, 0) is 11.3 Å². The number of para-hydroxylation sites is 1. The van der Waals surface area contributed by atoms with Gasteiger partial charge < -0.3 is 5.32 Å². The van der Waals surface area contributed by atoms with Crippen LogP contribution in [0.25, 0.3) is 16.9 Å². The molecule has 1 N–H and O–H groups in total. The van der Waals surface area contributed by atoms with E-state index in [1.54, 1.807) is 18.5 Å². The summed E-state index contributed by atoms with van der Waals surface area (Å²) >= 11 is 0. The highest BCUT2D eigenvalue weighted by molar-refractivity contribution is 5.87. The quantitative estimate of drug-likeness (QED) is 0.548. The van der Waals surface area contributed by atoms with E-state index in [0.29, 0.717) is 6.54 Å². The minimum Gasteiger partial charge on any atom is -0.348 e. The predicted molar refractivity (Wildman–Crippen MR) is 103 cm³/mol. The van der Waals surface area contributed by atoms with E-state index in [2.05, 4.69) is 10.3 Å². The molecule has 0 aliphatic rings. The molecule has 5 nitrogen and oxygen atoms in total. The van der Waals surface area contributed by atoms with E-state index >= 15 is 0 Å². The minimum absolute atomic E-state index is 0.142. The lowest BCUT2D eigenvalue weighted by Gasteiger charge is -2.03. The first-order valence-electron chi connectivity index (χ1n) is 8.39. The van der Waals surface area contributed by atoms with E-state index in [1.165, 1.54) is 6.08 Å². The largest absolute Gasteiger partial charge is 0.348 e. The summed E-state index contributed by atoms with van der Waals surface area (Å²) in [5.41, 5.74) is 3.69. The van der Waals surface area contributed by atoms with Crippen LogP contribution in [0.15, 0.2) is 85.4 Å². The molecule has 0 spiro atoms. The maximum absolute atomic E-state index is 11.9. The normalized spacial score (nSPS) is 11.3. The van der Waals surface area contributed by atoms with Crippen LogP contribution in [0.3, 0.4) is 0 Å². The van der Waals surface area contributed by atoms with E-state index in [0.717, 1.165) is 22.5 Å². The Morgan fingerprint density at radius 3 is 2.62 bits per heavy atom. The molecular weight excluding hydrogens is 324 g/mol. The van der Waals surface area contributed by atoms with Gasteiger partial charge in [0.1, 0.15) is 0 Å². The molecule has 0 saturated carbocycles. The summed E-state index contributed by atoms with van der Waals surface area (Å²) in [5.74, 6) is -0.142. The molecule has 2 aromatic heterocycles. The van der Waals surface area contributed by atoms with Gasteiger partial charge in [0.15, 0.2) is 0 Å². The molecule has 0 aliphatic carbocycles. The summed E-state index contributed by atoms with van der Waals surface area (Å²) in [6.45, 7) is 2.30. The Kier molecular flexibility index (Phi) is 5.72. The lowest BCUT2D eigenvalue weighted by Crippen LogP contribution is -2.20. The molecule has 0 bridgehead atoms. The molecule has 0 atom stereocenters. The number of aromatic nitrogens is 3. The molecule has 1 aromatic carbocycles. The molecule has 26 heavy (non-hydrogen) atoms. The standard InChI is InChI=1S/C21H20N4O/c1-2-3-5-10-20(26)23-15-18-16-25(19-8-6-4-7-9-19)24-21(18)17-11-13-22-14-12-17/h2-14,16H,15H2,1H3,(H,23,26)/b3-2+,10-5-. The van der Waals surface area contributed by atoms with Crippen molar-refractivity contribution in [1.82, 2.24) is 20.1 Å². The van der Waals surface area contributed by atoms with Crippen molar-refractivity contribution in [3.8, 4) is 16.9 Å².